The van der Waals surface area contributed by atoms with Crippen molar-refractivity contribution >= 4 is 0 Å². The predicted molar refractivity (Wildman–Crippen MR) is 75.7 cm³/mol. The summed E-state index contributed by atoms with van der Waals surface area (Å²) in [5.41, 5.74) is 1.25. The fourth-order valence-corrected chi connectivity index (χ4v) is 2.06. The molecule has 1 aromatic carbocycles. The maximum absolute atomic E-state index is 5.46. The highest BCUT2D eigenvalue weighted by Crippen LogP contribution is 2.36. The van der Waals surface area contributed by atoms with Crippen LogP contribution >= 0.6 is 0 Å². The van der Waals surface area contributed by atoms with Crippen molar-refractivity contribution in [3.05, 3.63) is 23.8 Å². The second kappa shape index (κ2) is 6.64. The van der Waals surface area contributed by atoms with E-state index in [0.29, 0.717) is 0 Å². The molecular weight excluding hydrogens is 226 g/mol. The largest absolute Gasteiger partial charge is 0.497 e. The molecule has 0 aliphatic rings. The first-order valence-electron chi connectivity index (χ1n) is 6.48. The van der Waals surface area contributed by atoms with Crippen LogP contribution in [0.4, 0.5) is 0 Å². The van der Waals surface area contributed by atoms with Crippen molar-refractivity contribution < 1.29 is 9.47 Å². The summed E-state index contributed by atoms with van der Waals surface area (Å²) in [6.07, 6.45) is 1.06. The zero-order valence-corrected chi connectivity index (χ0v) is 12.2. The maximum Gasteiger partial charge on any atom is 0.122 e. The summed E-state index contributed by atoms with van der Waals surface area (Å²) in [4.78, 5) is 0. The van der Waals surface area contributed by atoms with Crippen LogP contribution in [0, 0.1) is 0 Å². The molecule has 1 rings (SSSR count). The molecule has 0 spiro atoms. The third-order valence-corrected chi connectivity index (χ3v) is 3.31. The SMILES string of the molecule is CCNCCC(C)(C)c1cc(OC)ccc1OC. The molecular formula is C15H25NO2. The monoisotopic (exact) mass is 251 g/mol. The van der Waals surface area contributed by atoms with Crippen LogP contribution in [0.15, 0.2) is 18.2 Å². The molecule has 0 aliphatic heterocycles. The summed E-state index contributed by atoms with van der Waals surface area (Å²) in [5, 5.41) is 3.37. The van der Waals surface area contributed by atoms with E-state index >= 15 is 0 Å². The number of hydrogen-bond donors (Lipinski definition) is 1. The van der Waals surface area contributed by atoms with E-state index in [2.05, 4.69) is 32.2 Å². The topological polar surface area (TPSA) is 30.5 Å². The lowest BCUT2D eigenvalue weighted by molar-refractivity contribution is 0.375. The number of ether oxygens (including phenoxy) is 2. The van der Waals surface area contributed by atoms with Gasteiger partial charge in [-0.3, -0.25) is 0 Å². The summed E-state index contributed by atoms with van der Waals surface area (Å²) >= 11 is 0. The molecule has 0 fully saturated rings. The number of nitrogens with one attached hydrogen (secondary N) is 1. The average molecular weight is 251 g/mol. The molecule has 1 N–H and O–H groups in total. The van der Waals surface area contributed by atoms with Gasteiger partial charge >= 0.3 is 0 Å². The molecule has 102 valence electrons. The van der Waals surface area contributed by atoms with Crippen molar-refractivity contribution in [2.45, 2.75) is 32.6 Å². The minimum absolute atomic E-state index is 0.0576. The first-order chi connectivity index (χ1) is 8.55. The van der Waals surface area contributed by atoms with Gasteiger partial charge in [-0.25, -0.2) is 0 Å². The first-order valence-corrected chi connectivity index (χ1v) is 6.48. The Kier molecular flexibility index (Phi) is 5.48. The summed E-state index contributed by atoms with van der Waals surface area (Å²) in [5.74, 6) is 1.81. The first kappa shape index (κ1) is 14.8. The minimum Gasteiger partial charge on any atom is -0.497 e. The fraction of sp³-hybridized carbons (Fsp3) is 0.600. The number of hydrogen-bond acceptors (Lipinski definition) is 3. The van der Waals surface area contributed by atoms with Gasteiger partial charge < -0.3 is 14.8 Å². The second-order valence-corrected chi connectivity index (χ2v) is 5.05. The van der Waals surface area contributed by atoms with Crippen molar-refractivity contribution in [1.29, 1.82) is 0 Å². The van der Waals surface area contributed by atoms with Gasteiger partial charge in [0.1, 0.15) is 11.5 Å². The summed E-state index contributed by atoms with van der Waals surface area (Å²) in [6, 6.07) is 5.98. The Morgan fingerprint density at radius 1 is 1.17 bits per heavy atom. The Balaban J connectivity index is 2.96. The van der Waals surface area contributed by atoms with E-state index in [1.54, 1.807) is 14.2 Å². The lowest BCUT2D eigenvalue weighted by atomic mass is 9.81. The van der Waals surface area contributed by atoms with Gasteiger partial charge in [0.05, 0.1) is 14.2 Å². The van der Waals surface area contributed by atoms with E-state index in [-0.39, 0.29) is 5.41 Å². The molecule has 3 nitrogen and oxygen atoms in total. The summed E-state index contributed by atoms with van der Waals surface area (Å²) in [7, 11) is 3.41. The van der Waals surface area contributed by atoms with Crippen LogP contribution in [0.1, 0.15) is 32.8 Å². The van der Waals surface area contributed by atoms with Crippen molar-refractivity contribution in [1.82, 2.24) is 5.32 Å². The third-order valence-electron chi connectivity index (χ3n) is 3.31. The summed E-state index contributed by atoms with van der Waals surface area (Å²) < 4.78 is 10.8. The molecule has 0 heterocycles. The molecule has 0 amide bonds. The number of rotatable bonds is 7. The standard InChI is InChI=1S/C15H25NO2/c1-6-16-10-9-15(2,3)13-11-12(17-4)7-8-14(13)18-5/h7-8,11,16H,6,9-10H2,1-5H3. The quantitative estimate of drug-likeness (QED) is 0.756. The van der Waals surface area contributed by atoms with Gasteiger partial charge in [0.2, 0.25) is 0 Å². The average Bonchev–Trinajstić information content (AvgIpc) is 2.38. The van der Waals surface area contributed by atoms with Crippen molar-refractivity contribution in [2.24, 2.45) is 0 Å². The normalized spacial score (nSPS) is 11.4. The van der Waals surface area contributed by atoms with Gasteiger partial charge in [0.25, 0.3) is 0 Å². The molecule has 0 saturated carbocycles. The minimum atomic E-state index is 0.0576. The Morgan fingerprint density at radius 2 is 1.89 bits per heavy atom. The molecule has 1 aromatic rings. The lowest BCUT2D eigenvalue weighted by Crippen LogP contribution is -2.25. The highest BCUT2D eigenvalue weighted by molar-refractivity contribution is 5.44. The van der Waals surface area contributed by atoms with Crippen LogP contribution in [0.5, 0.6) is 11.5 Å². The predicted octanol–water partition coefficient (Wildman–Crippen LogP) is 2.98. The smallest absolute Gasteiger partial charge is 0.122 e. The Morgan fingerprint density at radius 3 is 2.44 bits per heavy atom. The van der Waals surface area contributed by atoms with E-state index in [9.17, 15) is 0 Å². The van der Waals surface area contributed by atoms with Gasteiger partial charge in [0, 0.05) is 5.56 Å². The second-order valence-electron chi connectivity index (χ2n) is 5.05. The van der Waals surface area contributed by atoms with Gasteiger partial charge in [-0.1, -0.05) is 20.8 Å². The van der Waals surface area contributed by atoms with Crippen molar-refractivity contribution in [2.75, 3.05) is 27.3 Å². The van der Waals surface area contributed by atoms with E-state index in [0.717, 1.165) is 31.0 Å². The van der Waals surface area contributed by atoms with Crippen LogP contribution in [-0.2, 0) is 5.41 Å². The molecule has 0 saturated heterocycles. The zero-order valence-electron chi connectivity index (χ0n) is 12.2. The Hall–Kier alpha value is -1.22. The maximum atomic E-state index is 5.46. The van der Waals surface area contributed by atoms with Crippen LogP contribution in [0.25, 0.3) is 0 Å². The van der Waals surface area contributed by atoms with Crippen molar-refractivity contribution in [3.8, 4) is 11.5 Å². The van der Waals surface area contributed by atoms with E-state index in [4.69, 9.17) is 9.47 Å². The van der Waals surface area contributed by atoms with E-state index in [1.807, 2.05) is 12.1 Å². The molecule has 0 radical (unpaired) electrons. The third kappa shape index (κ3) is 3.64. The molecule has 0 atom stereocenters. The van der Waals surface area contributed by atoms with Gasteiger partial charge in [-0.15, -0.1) is 0 Å². The molecule has 3 heteroatoms. The summed E-state index contributed by atoms with van der Waals surface area (Å²) in [6.45, 7) is 8.61. The van der Waals surface area contributed by atoms with Crippen LogP contribution < -0.4 is 14.8 Å². The molecule has 18 heavy (non-hydrogen) atoms. The van der Waals surface area contributed by atoms with E-state index in [1.165, 1.54) is 5.56 Å². The Labute approximate surface area is 110 Å². The lowest BCUT2D eigenvalue weighted by Gasteiger charge is -2.27. The highest BCUT2D eigenvalue weighted by atomic mass is 16.5. The van der Waals surface area contributed by atoms with Gasteiger partial charge in [0.15, 0.2) is 0 Å². The zero-order chi connectivity index (χ0) is 13.6. The molecule has 0 aromatic heterocycles. The number of benzene rings is 1. The van der Waals surface area contributed by atoms with Gasteiger partial charge in [-0.05, 0) is 43.1 Å². The fourth-order valence-electron chi connectivity index (χ4n) is 2.06. The molecule has 0 aliphatic carbocycles. The number of methoxy groups -OCH3 is 2. The van der Waals surface area contributed by atoms with E-state index < -0.39 is 0 Å². The van der Waals surface area contributed by atoms with Crippen LogP contribution in [0.3, 0.4) is 0 Å². The van der Waals surface area contributed by atoms with Crippen LogP contribution in [0.2, 0.25) is 0 Å². The molecule has 0 unspecified atom stereocenters. The highest BCUT2D eigenvalue weighted by Gasteiger charge is 2.24. The van der Waals surface area contributed by atoms with Crippen molar-refractivity contribution in [3.63, 3.8) is 0 Å². The Bertz CT molecular complexity index is 375. The van der Waals surface area contributed by atoms with Crippen LogP contribution in [-0.4, -0.2) is 27.3 Å². The molecule has 0 bridgehead atoms. The van der Waals surface area contributed by atoms with Gasteiger partial charge in [-0.2, -0.15) is 0 Å².